The molecule has 0 amide bonds. The molecule has 0 spiro atoms. The average Bonchev–Trinajstić information content (AvgIpc) is 2.63. The van der Waals surface area contributed by atoms with Gasteiger partial charge < -0.3 is 10.5 Å². The molecule has 0 radical (unpaired) electrons. The van der Waals surface area contributed by atoms with Crippen LogP contribution < -0.4 is 10.5 Å². The van der Waals surface area contributed by atoms with Crippen LogP contribution in [-0.2, 0) is 7.05 Å². The first-order valence-electron chi connectivity index (χ1n) is 5.21. The number of aryl methyl sites for hydroxylation is 1. The third-order valence-corrected chi connectivity index (χ3v) is 2.22. The molecular formula is C10H14N6O. The summed E-state index contributed by atoms with van der Waals surface area (Å²) in [6, 6.07) is 0.243. The van der Waals surface area contributed by atoms with Crippen LogP contribution in [0.2, 0.25) is 0 Å². The first-order valence-corrected chi connectivity index (χ1v) is 5.21. The van der Waals surface area contributed by atoms with Crippen LogP contribution in [0.1, 0.15) is 25.3 Å². The number of nitrogens with zero attached hydrogens (tertiary/aromatic N) is 5. The molecule has 0 aliphatic heterocycles. The fourth-order valence-corrected chi connectivity index (χ4v) is 1.47. The van der Waals surface area contributed by atoms with Crippen LogP contribution >= 0.6 is 0 Å². The van der Waals surface area contributed by atoms with Gasteiger partial charge in [-0.3, -0.25) is 4.68 Å². The van der Waals surface area contributed by atoms with Crippen molar-refractivity contribution < 1.29 is 4.74 Å². The number of rotatable bonds is 3. The Morgan fingerprint density at radius 2 is 2.06 bits per heavy atom. The molecule has 0 bridgehead atoms. The summed E-state index contributed by atoms with van der Waals surface area (Å²) in [5, 5.41) is 4.02. The maximum Gasteiger partial charge on any atom is 0.342 e. The van der Waals surface area contributed by atoms with Crippen molar-refractivity contribution in [2.75, 3.05) is 5.73 Å². The third-order valence-electron chi connectivity index (χ3n) is 2.22. The van der Waals surface area contributed by atoms with E-state index in [0.29, 0.717) is 11.7 Å². The summed E-state index contributed by atoms with van der Waals surface area (Å²) >= 11 is 0. The molecular weight excluding hydrogens is 220 g/mol. The van der Waals surface area contributed by atoms with Gasteiger partial charge in [-0.25, -0.2) is 9.97 Å². The van der Waals surface area contributed by atoms with Gasteiger partial charge in [-0.05, 0) is 5.92 Å². The third kappa shape index (κ3) is 2.32. The molecule has 0 saturated heterocycles. The molecule has 0 aromatic carbocycles. The SMILES string of the molecule is CC(C)c1c(N)ncnc1Oc1ncn(C)n1. The Morgan fingerprint density at radius 3 is 2.65 bits per heavy atom. The van der Waals surface area contributed by atoms with Gasteiger partial charge in [0, 0.05) is 7.05 Å². The minimum atomic E-state index is 0.162. The summed E-state index contributed by atoms with van der Waals surface area (Å²) in [6.07, 6.45) is 2.91. The van der Waals surface area contributed by atoms with Crippen molar-refractivity contribution in [1.29, 1.82) is 0 Å². The molecule has 0 aliphatic carbocycles. The number of aromatic nitrogens is 5. The predicted octanol–water partition coefficient (Wildman–Crippen LogP) is 1.10. The fourth-order valence-electron chi connectivity index (χ4n) is 1.47. The molecule has 7 nitrogen and oxygen atoms in total. The fraction of sp³-hybridized carbons (Fsp3) is 0.400. The lowest BCUT2D eigenvalue weighted by atomic mass is 10.1. The molecule has 0 atom stereocenters. The summed E-state index contributed by atoms with van der Waals surface area (Å²) in [5.41, 5.74) is 6.57. The second-order valence-corrected chi connectivity index (χ2v) is 3.94. The molecule has 17 heavy (non-hydrogen) atoms. The van der Waals surface area contributed by atoms with Crippen LogP contribution in [0.5, 0.6) is 11.9 Å². The molecule has 90 valence electrons. The Hall–Kier alpha value is -2.18. The van der Waals surface area contributed by atoms with Crippen molar-refractivity contribution in [3.63, 3.8) is 0 Å². The summed E-state index contributed by atoms with van der Waals surface area (Å²) in [7, 11) is 1.76. The zero-order chi connectivity index (χ0) is 12.4. The lowest BCUT2D eigenvalue weighted by Crippen LogP contribution is -2.04. The minimum Gasteiger partial charge on any atom is -0.404 e. The van der Waals surface area contributed by atoms with Gasteiger partial charge in [-0.2, -0.15) is 4.98 Å². The van der Waals surface area contributed by atoms with E-state index in [2.05, 4.69) is 20.1 Å². The van der Waals surface area contributed by atoms with Gasteiger partial charge in [0.15, 0.2) is 0 Å². The zero-order valence-electron chi connectivity index (χ0n) is 9.95. The van der Waals surface area contributed by atoms with Crippen molar-refractivity contribution in [3.8, 4) is 11.9 Å². The number of anilines is 1. The quantitative estimate of drug-likeness (QED) is 0.855. The Morgan fingerprint density at radius 1 is 1.29 bits per heavy atom. The number of nitrogen functional groups attached to an aromatic ring is 1. The van der Waals surface area contributed by atoms with E-state index in [9.17, 15) is 0 Å². The van der Waals surface area contributed by atoms with Crippen LogP contribution in [-0.4, -0.2) is 24.7 Å². The Balaban J connectivity index is 2.35. The van der Waals surface area contributed by atoms with Crippen molar-refractivity contribution in [3.05, 3.63) is 18.2 Å². The second-order valence-electron chi connectivity index (χ2n) is 3.94. The topological polar surface area (TPSA) is 91.7 Å². The van der Waals surface area contributed by atoms with Gasteiger partial charge in [0.05, 0.1) is 5.56 Å². The highest BCUT2D eigenvalue weighted by Gasteiger charge is 2.16. The first kappa shape index (κ1) is 11.3. The predicted molar refractivity (Wildman–Crippen MR) is 61.6 cm³/mol. The molecule has 7 heteroatoms. The number of ether oxygens (including phenoxy) is 1. The Kier molecular flexibility index (Phi) is 2.90. The molecule has 2 heterocycles. The lowest BCUT2D eigenvalue weighted by molar-refractivity contribution is 0.414. The second kappa shape index (κ2) is 4.36. The van der Waals surface area contributed by atoms with Crippen molar-refractivity contribution in [2.45, 2.75) is 19.8 Å². The maximum absolute atomic E-state index is 5.80. The first-order chi connectivity index (χ1) is 8.08. The van der Waals surface area contributed by atoms with Crippen molar-refractivity contribution in [1.82, 2.24) is 24.7 Å². The van der Waals surface area contributed by atoms with E-state index >= 15 is 0 Å². The van der Waals surface area contributed by atoms with Crippen molar-refractivity contribution in [2.24, 2.45) is 7.05 Å². The molecule has 2 rings (SSSR count). The summed E-state index contributed by atoms with van der Waals surface area (Å²) in [5.74, 6) is 0.981. The lowest BCUT2D eigenvalue weighted by Gasteiger charge is -2.11. The van der Waals surface area contributed by atoms with Gasteiger partial charge in [0.2, 0.25) is 5.88 Å². The van der Waals surface area contributed by atoms with E-state index in [0.717, 1.165) is 5.56 Å². The Labute approximate surface area is 98.7 Å². The van der Waals surface area contributed by atoms with Crippen LogP contribution in [0.25, 0.3) is 0 Å². The molecule has 2 aromatic rings. The number of hydrogen-bond donors (Lipinski definition) is 1. The molecule has 0 aliphatic rings. The highest BCUT2D eigenvalue weighted by Crippen LogP contribution is 2.29. The highest BCUT2D eigenvalue weighted by atomic mass is 16.5. The van der Waals surface area contributed by atoms with E-state index in [1.807, 2.05) is 13.8 Å². The average molecular weight is 234 g/mol. The molecule has 2 N–H and O–H groups in total. The highest BCUT2D eigenvalue weighted by molar-refractivity contribution is 5.47. The van der Waals surface area contributed by atoms with Crippen LogP contribution in [0.4, 0.5) is 5.82 Å². The van der Waals surface area contributed by atoms with Gasteiger partial charge >= 0.3 is 6.01 Å². The van der Waals surface area contributed by atoms with Crippen LogP contribution in [0, 0.1) is 0 Å². The molecule has 0 unspecified atom stereocenters. The maximum atomic E-state index is 5.80. The Bertz CT molecular complexity index is 521. The largest absolute Gasteiger partial charge is 0.404 e. The number of nitrogens with two attached hydrogens (primary N) is 1. The molecule has 0 saturated carbocycles. The van der Waals surface area contributed by atoms with E-state index in [1.54, 1.807) is 18.1 Å². The smallest absolute Gasteiger partial charge is 0.342 e. The van der Waals surface area contributed by atoms with E-state index in [1.165, 1.54) is 6.33 Å². The number of hydrogen-bond acceptors (Lipinski definition) is 6. The normalized spacial score (nSPS) is 10.8. The minimum absolute atomic E-state index is 0.162. The van der Waals surface area contributed by atoms with Crippen LogP contribution in [0.3, 0.4) is 0 Å². The summed E-state index contributed by atoms with van der Waals surface area (Å²) in [6.45, 7) is 3.99. The van der Waals surface area contributed by atoms with E-state index in [4.69, 9.17) is 10.5 Å². The van der Waals surface area contributed by atoms with Gasteiger partial charge in [-0.15, -0.1) is 5.10 Å². The zero-order valence-corrected chi connectivity index (χ0v) is 9.95. The van der Waals surface area contributed by atoms with E-state index in [-0.39, 0.29) is 11.9 Å². The monoisotopic (exact) mass is 234 g/mol. The van der Waals surface area contributed by atoms with Crippen molar-refractivity contribution >= 4 is 5.82 Å². The van der Waals surface area contributed by atoms with Gasteiger partial charge in [0.25, 0.3) is 0 Å². The summed E-state index contributed by atoms with van der Waals surface area (Å²) in [4.78, 5) is 12.0. The molecule has 2 aromatic heterocycles. The van der Waals surface area contributed by atoms with Gasteiger partial charge in [0.1, 0.15) is 18.5 Å². The van der Waals surface area contributed by atoms with E-state index < -0.39 is 0 Å². The van der Waals surface area contributed by atoms with Crippen LogP contribution in [0.15, 0.2) is 12.7 Å². The standard InChI is InChI=1S/C10H14N6O/c1-6(2)7-8(11)12-4-13-9(7)17-10-14-5-16(3)15-10/h4-6H,1-3H3,(H2,11,12,13). The van der Waals surface area contributed by atoms with Gasteiger partial charge in [-0.1, -0.05) is 13.8 Å². The molecule has 0 fully saturated rings. The summed E-state index contributed by atoms with van der Waals surface area (Å²) < 4.78 is 7.05.